The van der Waals surface area contributed by atoms with Crippen LogP contribution in [0.15, 0.2) is 24.3 Å². The topological polar surface area (TPSA) is 81.6 Å². The molecular formula is C12H17N3O3. The lowest BCUT2D eigenvalue weighted by atomic mass is 10.1. The number of benzene rings is 1. The van der Waals surface area contributed by atoms with E-state index in [1.54, 1.807) is 18.2 Å². The molecule has 6 heteroatoms. The quantitative estimate of drug-likeness (QED) is 0.643. The molecule has 2 unspecified atom stereocenters. The van der Waals surface area contributed by atoms with Crippen molar-refractivity contribution in [1.29, 1.82) is 0 Å². The Hall–Kier alpha value is -1.66. The molecule has 1 aliphatic rings. The first kappa shape index (κ1) is 12.8. The van der Waals surface area contributed by atoms with Crippen molar-refractivity contribution in [3.8, 4) is 0 Å². The molecule has 2 atom stereocenters. The molecule has 0 spiro atoms. The van der Waals surface area contributed by atoms with E-state index in [0.717, 1.165) is 0 Å². The molecule has 1 aromatic rings. The van der Waals surface area contributed by atoms with E-state index in [9.17, 15) is 10.1 Å². The zero-order chi connectivity index (χ0) is 13.1. The van der Waals surface area contributed by atoms with Crippen molar-refractivity contribution < 1.29 is 9.66 Å². The minimum Gasteiger partial charge on any atom is -0.373 e. The second-order valence-corrected chi connectivity index (χ2v) is 4.46. The molecule has 0 bridgehead atoms. The predicted molar refractivity (Wildman–Crippen MR) is 68.7 cm³/mol. The van der Waals surface area contributed by atoms with Gasteiger partial charge < -0.3 is 15.4 Å². The average molecular weight is 251 g/mol. The summed E-state index contributed by atoms with van der Waals surface area (Å²) >= 11 is 0. The second-order valence-electron chi connectivity index (χ2n) is 4.46. The number of anilines is 1. The summed E-state index contributed by atoms with van der Waals surface area (Å²) < 4.78 is 5.55. The van der Waals surface area contributed by atoms with Gasteiger partial charge in [0.05, 0.1) is 17.6 Å². The summed E-state index contributed by atoms with van der Waals surface area (Å²) in [4.78, 5) is 12.6. The molecule has 18 heavy (non-hydrogen) atoms. The first-order valence-electron chi connectivity index (χ1n) is 5.95. The van der Waals surface area contributed by atoms with Crippen LogP contribution in [0.3, 0.4) is 0 Å². The largest absolute Gasteiger partial charge is 0.373 e. The molecule has 98 valence electrons. The first-order chi connectivity index (χ1) is 8.59. The number of para-hydroxylation sites is 2. The van der Waals surface area contributed by atoms with Crippen LogP contribution in [-0.4, -0.2) is 36.8 Å². The third-order valence-electron chi connectivity index (χ3n) is 3.10. The zero-order valence-corrected chi connectivity index (χ0v) is 10.3. The van der Waals surface area contributed by atoms with Crippen molar-refractivity contribution in [3.05, 3.63) is 34.4 Å². The van der Waals surface area contributed by atoms with Crippen LogP contribution >= 0.6 is 0 Å². The second kappa shape index (κ2) is 5.32. The highest BCUT2D eigenvalue weighted by Gasteiger charge is 2.27. The molecule has 1 fully saturated rings. The molecule has 0 aliphatic carbocycles. The van der Waals surface area contributed by atoms with Crippen LogP contribution in [0.1, 0.15) is 6.92 Å². The van der Waals surface area contributed by atoms with Crippen molar-refractivity contribution in [3.63, 3.8) is 0 Å². The van der Waals surface area contributed by atoms with Crippen LogP contribution in [0.2, 0.25) is 0 Å². The Kier molecular flexibility index (Phi) is 3.78. The normalized spacial score (nSPS) is 21.7. The van der Waals surface area contributed by atoms with Gasteiger partial charge in [-0.25, -0.2) is 0 Å². The van der Waals surface area contributed by atoms with Gasteiger partial charge in [0.2, 0.25) is 0 Å². The summed E-state index contributed by atoms with van der Waals surface area (Å²) in [6.07, 6.45) is -0.0847. The highest BCUT2D eigenvalue weighted by Crippen LogP contribution is 2.29. The first-order valence-corrected chi connectivity index (χ1v) is 5.95. The molecule has 2 rings (SSSR count). The Bertz CT molecular complexity index is 436. The van der Waals surface area contributed by atoms with Crippen LogP contribution in [0.4, 0.5) is 11.4 Å². The summed E-state index contributed by atoms with van der Waals surface area (Å²) in [5.41, 5.74) is 6.58. The van der Waals surface area contributed by atoms with Crippen LogP contribution in [0.5, 0.6) is 0 Å². The average Bonchev–Trinajstić information content (AvgIpc) is 2.39. The van der Waals surface area contributed by atoms with Crippen molar-refractivity contribution in [2.24, 2.45) is 5.73 Å². The van der Waals surface area contributed by atoms with Crippen LogP contribution in [0, 0.1) is 10.1 Å². The van der Waals surface area contributed by atoms with Crippen LogP contribution < -0.4 is 10.6 Å². The maximum Gasteiger partial charge on any atom is 0.292 e. The van der Waals surface area contributed by atoms with E-state index >= 15 is 0 Å². The number of nitro benzene ring substituents is 1. The fourth-order valence-electron chi connectivity index (χ4n) is 2.10. The highest BCUT2D eigenvalue weighted by molar-refractivity contribution is 5.63. The van der Waals surface area contributed by atoms with E-state index in [4.69, 9.17) is 10.5 Å². The Morgan fingerprint density at radius 2 is 2.28 bits per heavy atom. The molecule has 1 aromatic carbocycles. The van der Waals surface area contributed by atoms with E-state index in [1.807, 2.05) is 11.8 Å². The van der Waals surface area contributed by atoms with Gasteiger partial charge >= 0.3 is 0 Å². The van der Waals surface area contributed by atoms with Gasteiger partial charge in [-0.3, -0.25) is 10.1 Å². The van der Waals surface area contributed by atoms with Gasteiger partial charge in [-0.1, -0.05) is 12.1 Å². The van der Waals surface area contributed by atoms with E-state index in [1.165, 1.54) is 6.07 Å². The molecule has 2 N–H and O–H groups in total. The third-order valence-corrected chi connectivity index (χ3v) is 3.10. The van der Waals surface area contributed by atoms with Gasteiger partial charge in [-0.2, -0.15) is 0 Å². The Morgan fingerprint density at radius 3 is 2.94 bits per heavy atom. The Balaban J connectivity index is 2.23. The lowest BCUT2D eigenvalue weighted by molar-refractivity contribution is -0.384. The molecule has 0 aromatic heterocycles. The molecule has 1 heterocycles. The molecule has 0 amide bonds. The van der Waals surface area contributed by atoms with Gasteiger partial charge in [0.1, 0.15) is 5.69 Å². The van der Waals surface area contributed by atoms with E-state index < -0.39 is 0 Å². The number of ether oxygens (including phenoxy) is 1. The Morgan fingerprint density at radius 1 is 1.56 bits per heavy atom. The van der Waals surface area contributed by atoms with Gasteiger partial charge in [0, 0.05) is 25.2 Å². The minimum absolute atomic E-state index is 0.0847. The van der Waals surface area contributed by atoms with Gasteiger partial charge in [0.15, 0.2) is 0 Å². The van der Waals surface area contributed by atoms with E-state index in [-0.39, 0.29) is 22.8 Å². The standard InChI is InChI=1S/C12H17N3O3/c1-9(13)12-8-14(6-7-18-12)10-4-2-3-5-11(10)15(16)17/h2-5,9,12H,6-8,13H2,1H3. The summed E-state index contributed by atoms with van der Waals surface area (Å²) in [6, 6.07) is 6.67. The lowest BCUT2D eigenvalue weighted by Crippen LogP contribution is -2.49. The summed E-state index contributed by atoms with van der Waals surface area (Å²) in [6.45, 7) is 3.66. The predicted octanol–water partition coefficient (Wildman–Crippen LogP) is 1.15. The van der Waals surface area contributed by atoms with Crippen LogP contribution in [0.25, 0.3) is 0 Å². The van der Waals surface area contributed by atoms with E-state index in [2.05, 4.69) is 0 Å². The number of morpholine rings is 1. The highest BCUT2D eigenvalue weighted by atomic mass is 16.6. The molecule has 0 radical (unpaired) electrons. The number of hydrogen-bond donors (Lipinski definition) is 1. The number of nitro groups is 1. The number of nitrogens with zero attached hydrogens (tertiary/aromatic N) is 2. The summed E-state index contributed by atoms with van der Waals surface area (Å²) in [7, 11) is 0. The lowest BCUT2D eigenvalue weighted by Gasteiger charge is -2.35. The molecule has 6 nitrogen and oxygen atoms in total. The smallest absolute Gasteiger partial charge is 0.292 e. The molecule has 1 aliphatic heterocycles. The van der Waals surface area contributed by atoms with Gasteiger partial charge in [-0.15, -0.1) is 0 Å². The Labute approximate surface area is 105 Å². The van der Waals surface area contributed by atoms with Crippen molar-refractivity contribution >= 4 is 11.4 Å². The zero-order valence-electron chi connectivity index (χ0n) is 10.3. The SMILES string of the molecule is CC(N)C1CN(c2ccccc2[N+](=O)[O-])CCO1. The van der Waals surface area contributed by atoms with Crippen molar-refractivity contribution in [2.75, 3.05) is 24.6 Å². The number of nitrogens with two attached hydrogens (primary N) is 1. The maximum absolute atomic E-state index is 11.0. The van der Waals surface area contributed by atoms with E-state index in [0.29, 0.717) is 25.4 Å². The summed E-state index contributed by atoms with van der Waals surface area (Å²) in [5.74, 6) is 0. The van der Waals surface area contributed by atoms with Gasteiger partial charge in [0.25, 0.3) is 5.69 Å². The fraction of sp³-hybridized carbons (Fsp3) is 0.500. The van der Waals surface area contributed by atoms with Gasteiger partial charge in [-0.05, 0) is 13.0 Å². The molecule has 1 saturated heterocycles. The number of hydrogen-bond acceptors (Lipinski definition) is 5. The number of rotatable bonds is 3. The van der Waals surface area contributed by atoms with Crippen molar-refractivity contribution in [2.45, 2.75) is 19.1 Å². The third kappa shape index (κ3) is 2.60. The molecule has 0 saturated carbocycles. The fourth-order valence-corrected chi connectivity index (χ4v) is 2.10. The van der Waals surface area contributed by atoms with Crippen LogP contribution in [-0.2, 0) is 4.74 Å². The summed E-state index contributed by atoms with van der Waals surface area (Å²) in [5, 5.41) is 11.0. The molecular weight excluding hydrogens is 234 g/mol. The monoisotopic (exact) mass is 251 g/mol. The minimum atomic E-state index is -0.355. The van der Waals surface area contributed by atoms with Crippen molar-refractivity contribution in [1.82, 2.24) is 0 Å². The maximum atomic E-state index is 11.0.